The van der Waals surface area contributed by atoms with Crippen molar-refractivity contribution in [2.75, 3.05) is 26.3 Å². The van der Waals surface area contributed by atoms with Gasteiger partial charge in [-0.25, -0.2) is 0 Å². The first kappa shape index (κ1) is 13.8. The predicted molar refractivity (Wildman–Crippen MR) is 76.3 cm³/mol. The molecule has 3 unspecified atom stereocenters. The van der Waals surface area contributed by atoms with Crippen molar-refractivity contribution in [1.29, 1.82) is 0 Å². The lowest BCUT2D eigenvalue weighted by Crippen LogP contribution is -2.44. The predicted octanol–water partition coefficient (Wildman–Crippen LogP) is 2.74. The Hall–Kier alpha value is -0.120. The Balaban J connectivity index is 1.65. The molecule has 1 aliphatic carbocycles. The number of ether oxygens (including phenoxy) is 2. The zero-order valence-electron chi connectivity index (χ0n) is 12.3. The van der Waals surface area contributed by atoms with Gasteiger partial charge in [0.1, 0.15) is 0 Å². The van der Waals surface area contributed by atoms with Gasteiger partial charge in [0.05, 0.1) is 12.2 Å². The Morgan fingerprint density at radius 3 is 2.74 bits per heavy atom. The Morgan fingerprint density at radius 2 is 2.05 bits per heavy atom. The highest BCUT2D eigenvalue weighted by Gasteiger charge is 2.51. The van der Waals surface area contributed by atoms with Crippen LogP contribution in [-0.4, -0.2) is 38.5 Å². The van der Waals surface area contributed by atoms with E-state index in [1.54, 1.807) is 0 Å². The van der Waals surface area contributed by atoms with Crippen LogP contribution in [0.1, 0.15) is 51.9 Å². The summed E-state index contributed by atoms with van der Waals surface area (Å²) >= 11 is 0. The monoisotopic (exact) mass is 267 g/mol. The molecule has 3 atom stereocenters. The zero-order chi connectivity index (χ0) is 13.1. The molecule has 1 N–H and O–H groups in total. The third-order valence-corrected chi connectivity index (χ3v) is 5.11. The van der Waals surface area contributed by atoms with E-state index in [4.69, 9.17) is 9.47 Å². The van der Waals surface area contributed by atoms with Crippen LogP contribution in [0, 0.1) is 11.3 Å². The van der Waals surface area contributed by atoms with Crippen molar-refractivity contribution in [3.8, 4) is 0 Å². The molecule has 1 saturated carbocycles. The highest BCUT2D eigenvalue weighted by atomic mass is 16.5. The first-order valence-electron chi connectivity index (χ1n) is 8.28. The average Bonchev–Trinajstić information content (AvgIpc) is 2.97. The minimum atomic E-state index is 0.353. The first-order valence-corrected chi connectivity index (χ1v) is 8.28. The lowest BCUT2D eigenvalue weighted by atomic mass is 9.74. The molecule has 2 saturated heterocycles. The van der Waals surface area contributed by atoms with Gasteiger partial charge in [0.25, 0.3) is 0 Å². The van der Waals surface area contributed by atoms with Crippen LogP contribution < -0.4 is 5.32 Å². The maximum absolute atomic E-state index is 6.14. The molecule has 3 heteroatoms. The fraction of sp³-hybridized carbons (Fsp3) is 1.00. The second-order valence-corrected chi connectivity index (χ2v) is 6.76. The van der Waals surface area contributed by atoms with Gasteiger partial charge in [0, 0.05) is 25.2 Å². The van der Waals surface area contributed by atoms with Crippen molar-refractivity contribution in [3.05, 3.63) is 0 Å². The lowest BCUT2D eigenvalue weighted by molar-refractivity contribution is -0.00530. The molecule has 0 aromatic heterocycles. The molecule has 2 aliphatic heterocycles. The maximum Gasteiger partial charge on any atom is 0.0673 e. The van der Waals surface area contributed by atoms with E-state index in [1.807, 2.05) is 0 Å². The summed E-state index contributed by atoms with van der Waals surface area (Å²) in [5, 5.41) is 3.67. The zero-order valence-corrected chi connectivity index (χ0v) is 12.3. The maximum atomic E-state index is 6.14. The van der Waals surface area contributed by atoms with E-state index in [2.05, 4.69) is 12.2 Å². The van der Waals surface area contributed by atoms with Crippen molar-refractivity contribution >= 4 is 0 Å². The van der Waals surface area contributed by atoms with Gasteiger partial charge in [-0.2, -0.15) is 0 Å². The topological polar surface area (TPSA) is 30.5 Å². The van der Waals surface area contributed by atoms with E-state index in [-0.39, 0.29) is 0 Å². The van der Waals surface area contributed by atoms with Crippen molar-refractivity contribution < 1.29 is 9.47 Å². The summed E-state index contributed by atoms with van der Waals surface area (Å²) in [6, 6.07) is 0. The Kier molecular flexibility index (Phi) is 4.45. The molecule has 0 radical (unpaired) electrons. The molecule has 2 heterocycles. The van der Waals surface area contributed by atoms with E-state index < -0.39 is 0 Å². The molecule has 3 rings (SSSR count). The molecule has 0 amide bonds. The molecule has 0 bridgehead atoms. The van der Waals surface area contributed by atoms with Gasteiger partial charge in [-0.1, -0.05) is 6.92 Å². The molecular formula is C16H29NO2. The molecular weight excluding hydrogens is 238 g/mol. The standard InChI is InChI=1S/C16H29NO2/c1-2-8-17-12-16(11-14-4-3-9-18-14)7-10-19-15(16)13-5-6-13/h13-15,17H,2-12H2,1H3. The smallest absolute Gasteiger partial charge is 0.0673 e. The summed E-state index contributed by atoms with van der Waals surface area (Å²) < 4.78 is 12.0. The molecule has 3 nitrogen and oxygen atoms in total. The molecule has 19 heavy (non-hydrogen) atoms. The van der Waals surface area contributed by atoms with Gasteiger partial charge in [-0.05, 0) is 57.4 Å². The van der Waals surface area contributed by atoms with Crippen LogP contribution in [0.2, 0.25) is 0 Å². The van der Waals surface area contributed by atoms with Crippen molar-refractivity contribution in [2.24, 2.45) is 11.3 Å². The SMILES string of the molecule is CCCNCC1(CC2CCCO2)CCOC1C1CC1. The average molecular weight is 267 g/mol. The van der Waals surface area contributed by atoms with Gasteiger partial charge in [-0.15, -0.1) is 0 Å². The molecule has 0 aromatic rings. The number of hydrogen-bond donors (Lipinski definition) is 1. The van der Waals surface area contributed by atoms with Crippen LogP contribution >= 0.6 is 0 Å². The third kappa shape index (κ3) is 3.14. The summed E-state index contributed by atoms with van der Waals surface area (Å²) in [6.45, 7) is 6.43. The molecule has 3 aliphatic rings. The number of hydrogen-bond acceptors (Lipinski definition) is 3. The van der Waals surface area contributed by atoms with Crippen LogP contribution in [0.25, 0.3) is 0 Å². The normalized spacial score (nSPS) is 39.0. The largest absolute Gasteiger partial charge is 0.378 e. The van der Waals surface area contributed by atoms with E-state index in [0.29, 0.717) is 17.6 Å². The summed E-state index contributed by atoms with van der Waals surface area (Å²) in [7, 11) is 0. The van der Waals surface area contributed by atoms with Crippen LogP contribution in [0.3, 0.4) is 0 Å². The van der Waals surface area contributed by atoms with E-state index in [0.717, 1.165) is 32.2 Å². The quantitative estimate of drug-likeness (QED) is 0.720. The van der Waals surface area contributed by atoms with E-state index >= 15 is 0 Å². The van der Waals surface area contributed by atoms with Crippen LogP contribution in [0.5, 0.6) is 0 Å². The Labute approximate surface area is 117 Å². The Morgan fingerprint density at radius 1 is 1.16 bits per heavy atom. The fourth-order valence-corrected chi connectivity index (χ4v) is 4.00. The summed E-state index contributed by atoms with van der Waals surface area (Å²) in [4.78, 5) is 0. The molecule has 0 spiro atoms. The number of rotatable bonds is 7. The highest BCUT2D eigenvalue weighted by molar-refractivity contribution is 5.02. The Bertz CT molecular complexity index is 286. The van der Waals surface area contributed by atoms with Crippen molar-refractivity contribution in [1.82, 2.24) is 5.32 Å². The summed E-state index contributed by atoms with van der Waals surface area (Å²) in [5.41, 5.74) is 0.353. The van der Waals surface area contributed by atoms with Gasteiger partial charge in [-0.3, -0.25) is 0 Å². The second-order valence-electron chi connectivity index (χ2n) is 6.76. The van der Waals surface area contributed by atoms with Crippen LogP contribution in [0.4, 0.5) is 0 Å². The van der Waals surface area contributed by atoms with Crippen LogP contribution in [0.15, 0.2) is 0 Å². The molecule has 110 valence electrons. The van der Waals surface area contributed by atoms with E-state index in [9.17, 15) is 0 Å². The van der Waals surface area contributed by atoms with Gasteiger partial charge >= 0.3 is 0 Å². The fourth-order valence-electron chi connectivity index (χ4n) is 4.00. The van der Waals surface area contributed by atoms with Crippen molar-refractivity contribution in [3.63, 3.8) is 0 Å². The third-order valence-electron chi connectivity index (χ3n) is 5.11. The van der Waals surface area contributed by atoms with Gasteiger partial charge < -0.3 is 14.8 Å². The molecule has 3 fully saturated rings. The minimum absolute atomic E-state index is 0.353. The summed E-state index contributed by atoms with van der Waals surface area (Å²) in [6.07, 6.45) is 9.91. The molecule has 0 aromatic carbocycles. The van der Waals surface area contributed by atoms with Crippen LogP contribution in [-0.2, 0) is 9.47 Å². The van der Waals surface area contributed by atoms with Gasteiger partial charge in [0.15, 0.2) is 0 Å². The number of nitrogens with one attached hydrogen (secondary N) is 1. The first-order chi connectivity index (χ1) is 9.34. The van der Waals surface area contributed by atoms with E-state index in [1.165, 1.54) is 44.9 Å². The van der Waals surface area contributed by atoms with Crippen molar-refractivity contribution in [2.45, 2.75) is 64.1 Å². The summed E-state index contributed by atoms with van der Waals surface area (Å²) in [5.74, 6) is 0.840. The minimum Gasteiger partial charge on any atom is -0.378 e. The highest BCUT2D eigenvalue weighted by Crippen LogP contribution is 2.50. The van der Waals surface area contributed by atoms with Gasteiger partial charge in [0.2, 0.25) is 0 Å². The second kappa shape index (κ2) is 6.11. The lowest BCUT2D eigenvalue weighted by Gasteiger charge is -2.36.